The van der Waals surface area contributed by atoms with Crippen molar-refractivity contribution in [3.8, 4) is 5.75 Å². The number of ketones is 1. The van der Waals surface area contributed by atoms with E-state index in [0.29, 0.717) is 0 Å². The van der Waals surface area contributed by atoms with E-state index < -0.39 is 0 Å². The fourth-order valence-corrected chi connectivity index (χ4v) is 2.72. The van der Waals surface area contributed by atoms with Gasteiger partial charge in [-0.1, -0.05) is 27.2 Å². The van der Waals surface area contributed by atoms with E-state index in [1.54, 1.807) is 6.92 Å². The van der Waals surface area contributed by atoms with Crippen molar-refractivity contribution in [1.82, 2.24) is 0 Å². The molecule has 0 aliphatic carbocycles. The number of fused-ring (bicyclic) bond motifs is 1. The number of carbonyl (C=O) groups is 1. The number of benzene rings is 1. The smallest absolute Gasteiger partial charge is 0.160 e. The van der Waals surface area contributed by atoms with Gasteiger partial charge in [-0.15, -0.1) is 0 Å². The van der Waals surface area contributed by atoms with Gasteiger partial charge in [0.05, 0.1) is 6.61 Å². The van der Waals surface area contributed by atoms with E-state index in [2.05, 4.69) is 32.9 Å². The summed E-state index contributed by atoms with van der Waals surface area (Å²) in [5, 5.41) is 0. The van der Waals surface area contributed by atoms with Crippen molar-refractivity contribution >= 4 is 5.78 Å². The second-order valence-corrected chi connectivity index (χ2v) is 6.15. The Morgan fingerprint density at radius 2 is 2.11 bits per heavy atom. The molecule has 1 heterocycles. The molecule has 0 bridgehead atoms. The summed E-state index contributed by atoms with van der Waals surface area (Å²) in [6.45, 7) is 9.06. The first kappa shape index (κ1) is 14.1. The summed E-state index contributed by atoms with van der Waals surface area (Å²) in [6.07, 6.45) is 4.22. The summed E-state index contributed by atoms with van der Waals surface area (Å²) in [4.78, 5) is 11.9. The third-order valence-electron chi connectivity index (χ3n) is 4.10. The van der Waals surface area contributed by atoms with Crippen molar-refractivity contribution in [2.45, 2.75) is 58.8 Å². The maximum absolute atomic E-state index is 11.9. The number of ether oxygens (including phenoxy) is 1. The maximum atomic E-state index is 11.9. The molecule has 0 aromatic heterocycles. The topological polar surface area (TPSA) is 26.3 Å². The standard InChI is InChI=1S/C17H24O2/c1-5-6-7-13-10-16-15(11-14(13)12(2)18)17(3,4)8-9-19-16/h10-11H,5-9H2,1-4H3. The molecule has 2 heteroatoms. The Bertz CT molecular complexity index is 486. The quantitative estimate of drug-likeness (QED) is 0.755. The normalized spacial score (nSPS) is 16.6. The Hall–Kier alpha value is -1.31. The van der Waals surface area contributed by atoms with Crippen LogP contribution in [0.1, 0.15) is 68.4 Å². The monoisotopic (exact) mass is 260 g/mol. The zero-order valence-electron chi connectivity index (χ0n) is 12.5. The Kier molecular flexibility index (Phi) is 3.98. The van der Waals surface area contributed by atoms with E-state index in [1.807, 2.05) is 0 Å². The first-order valence-electron chi connectivity index (χ1n) is 7.27. The zero-order valence-corrected chi connectivity index (χ0v) is 12.5. The molecule has 2 nitrogen and oxygen atoms in total. The van der Waals surface area contributed by atoms with Crippen LogP contribution < -0.4 is 4.74 Å². The van der Waals surface area contributed by atoms with Gasteiger partial charge in [0.25, 0.3) is 0 Å². The molecule has 0 saturated carbocycles. The second-order valence-electron chi connectivity index (χ2n) is 6.15. The minimum Gasteiger partial charge on any atom is -0.493 e. The van der Waals surface area contributed by atoms with E-state index in [0.717, 1.165) is 49.2 Å². The van der Waals surface area contributed by atoms with Gasteiger partial charge in [0, 0.05) is 11.1 Å². The molecule has 0 spiro atoms. The number of aryl methyl sites for hydroxylation is 1. The van der Waals surface area contributed by atoms with Crippen LogP contribution in [-0.4, -0.2) is 12.4 Å². The van der Waals surface area contributed by atoms with Crippen LogP contribution in [0.15, 0.2) is 12.1 Å². The summed E-state index contributed by atoms with van der Waals surface area (Å²) in [5.41, 5.74) is 3.31. The highest BCUT2D eigenvalue weighted by molar-refractivity contribution is 5.96. The summed E-state index contributed by atoms with van der Waals surface area (Å²) in [6, 6.07) is 4.17. The summed E-state index contributed by atoms with van der Waals surface area (Å²) in [5.74, 6) is 1.14. The van der Waals surface area contributed by atoms with Crippen molar-refractivity contribution in [2.75, 3.05) is 6.61 Å². The SMILES string of the molecule is CCCCc1cc2c(cc1C(C)=O)C(C)(C)CCO2. The fraction of sp³-hybridized carbons (Fsp3) is 0.588. The van der Waals surface area contributed by atoms with Crippen molar-refractivity contribution < 1.29 is 9.53 Å². The maximum Gasteiger partial charge on any atom is 0.160 e. The predicted molar refractivity (Wildman–Crippen MR) is 78.2 cm³/mol. The number of hydrogen-bond donors (Lipinski definition) is 0. The van der Waals surface area contributed by atoms with E-state index in [-0.39, 0.29) is 11.2 Å². The molecule has 0 unspecified atom stereocenters. The Morgan fingerprint density at radius 3 is 2.74 bits per heavy atom. The Morgan fingerprint density at radius 1 is 1.37 bits per heavy atom. The van der Waals surface area contributed by atoms with Crippen molar-refractivity contribution in [1.29, 1.82) is 0 Å². The van der Waals surface area contributed by atoms with Crippen LogP contribution in [0.25, 0.3) is 0 Å². The van der Waals surface area contributed by atoms with Crippen LogP contribution in [0.3, 0.4) is 0 Å². The highest BCUT2D eigenvalue weighted by atomic mass is 16.5. The molecular weight excluding hydrogens is 236 g/mol. The molecule has 2 rings (SSSR count). The Labute approximate surface area is 116 Å². The van der Waals surface area contributed by atoms with E-state index in [1.165, 1.54) is 5.56 Å². The van der Waals surface area contributed by atoms with Crippen LogP contribution in [-0.2, 0) is 11.8 Å². The molecule has 0 radical (unpaired) electrons. The van der Waals surface area contributed by atoms with Crippen LogP contribution in [0.5, 0.6) is 5.75 Å². The number of unbranched alkanes of at least 4 members (excludes halogenated alkanes) is 1. The van der Waals surface area contributed by atoms with Gasteiger partial charge in [-0.25, -0.2) is 0 Å². The predicted octanol–water partition coefficient (Wildman–Crippen LogP) is 4.29. The summed E-state index contributed by atoms with van der Waals surface area (Å²) < 4.78 is 5.80. The third kappa shape index (κ3) is 2.83. The van der Waals surface area contributed by atoms with Crippen LogP contribution in [0.2, 0.25) is 0 Å². The first-order valence-corrected chi connectivity index (χ1v) is 7.27. The third-order valence-corrected chi connectivity index (χ3v) is 4.10. The zero-order chi connectivity index (χ0) is 14.0. The molecule has 1 aliphatic heterocycles. The van der Waals surface area contributed by atoms with Gasteiger partial charge in [-0.2, -0.15) is 0 Å². The van der Waals surface area contributed by atoms with Gasteiger partial charge >= 0.3 is 0 Å². The highest BCUT2D eigenvalue weighted by Crippen LogP contribution is 2.40. The highest BCUT2D eigenvalue weighted by Gasteiger charge is 2.30. The fourth-order valence-electron chi connectivity index (χ4n) is 2.72. The van der Waals surface area contributed by atoms with Crippen LogP contribution >= 0.6 is 0 Å². The lowest BCUT2D eigenvalue weighted by Crippen LogP contribution is -2.27. The van der Waals surface area contributed by atoms with Gasteiger partial charge in [0.2, 0.25) is 0 Å². The Balaban J connectivity index is 2.49. The first-order chi connectivity index (χ1) is 8.95. The summed E-state index contributed by atoms with van der Waals surface area (Å²) in [7, 11) is 0. The molecule has 1 aromatic carbocycles. The lowest BCUT2D eigenvalue weighted by Gasteiger charge is -2.33. The minimum absolute atomic E-state index is 0.0983. The number of hydrogen-bond acceptors (Lipinski definition) is 2. The molecule has 1 aromatic rings. The van der Waals surface area contributed by atoms with Gasteiger partial charge in [-0.05, 0) is 49.3 Å². The molecule has 1 aliphatic rings. The molecule has 0 atom stereocenters. The molecule has 104 valence electrons. The van der Waals surface area contributed by atoms with Crippen molar-refractivity contribution in [2.24, 2.45) is 0 Å². The van der Waals surface area contributed by atoms with Gasteiger partial charge < -0.3 is 4.74 Å². The molecule has 19 heavy (non-hydrogen) atoms. The van der Waals surface area contributed by atoms with E-state index in [9.17, 15) is 4.79 Å². The molecule has 0 fully saturated rings. The van der Waals surface area contributed by atoms with Gasteiger partial charge in [0.15, 0.2) is 5.78 Å². The van der Waals surface area contributed by atoms with E-state index in [4.69, 9.17) is 4.74 Å². The largest absolute Gasteiger partial charge is 0.493 e. The number of rotatable bonds is 4. The summed E-state index contributed by atoms with van der Waals surface area (Å²) >= 11 is 0. The van der Waals surface area contributed by atoms with Crippen molar-refractivity contribution in [3.05, 3.63) is 28.8 Å². The average Bonchev–Trinajstić information content (AvgIpc) is 2.34. The number of carbonyl (C=O) groups excluding carboxylic acids is 1. The molecule has 0 N–H and O–H groups in total. The average molecular weight is 260 g/mol. The number of Topliss-reactive ketones (excluding diaryl/α,β-unsaturated/α-hetero) is 1. The molecule has 0 saturated heterocycles. The van der Waals surface area contributed by atoms with Gasteiger partial charge in [0.1, 0.15) is 5.75 Å². The van der Waals surface area contributed by atoms with E-state index >= 15 is 0 Å². The minimum atomic E-state index is 0.0983. The van der Waals surface area contributed by atoms with Crippen LogP contribution in [0.4, 0.5) is 0 Å². The van der Waals surface area contributed by atoms with Crippen molar-refractivity contribution in [3.63, 3.8) is 0 Å². The molecule has 0 amide bonds. The van der Waals surface area contributed by atoms with Gasteiger partial charge in [-0.3, -0.25) is 4.79 Å². The lowest BCUT2D eigenvalue weighted by atomic mass is 9.78. The lowest BCUT2D eigenvalue weighted by molar-refractivity contribution is 0.101. The van der Waals surface area contributed by atoms with Crippen LogP contribution in [0, 0.1) is 0 Å². The second kappa shape index (κ2) is 5.36. The molecular formula is C17H24O2.